The summed E-state index contributed by atoms with van der Waals surface area (Å²) in [5.41, 5.74) is 0. The highest BCUT2D eigenvalue weighted by molar-refractivity contribution is 5.85. The van der Waals surface area contributed by atoms with Crippen molar-refractivity contribution in [3.8, 4) is 0 Å². The molecule has 0 heterocycles. The Morgan fingerprint density at radius 1 is 1.41 bits per heavy atom. The van der Waals surface area contributed by atoms with Crippen LogP contribution in [0.2, 0.25) is 0 Å². The van der Waals surface area contributed by atoms with E-state index in [0.717, 1.165) is 0 Å². The van der Waals surface area contributed by atoms with Gasteiger partial charge in [0.25, 0.3) is 0 Å². The van der Waals surface area contributed by atoms with Crippen molar-refractivity contribution in [3.05, 3.63) is 12.7 Å². The lowest BCUT2D eigenvalue weighted by Crippen LogP contribution is -2.42. The average molecular weight is 241 g/mol. The molecule has 0 saturated heterocycles. The van der Waals surface area contributed by atoms with Crippen molar-refractivity contribution in [1.29, 1.82) is 0 Å². The third kappa shape index (κ3) is 8.45. The van der Waals surface area contributed by atoms with Crippen LogP contribution in [0.5, 0.6) is 0 Å². The summed E-state index contributed by atoms with van der Waals surface area (Å²) in [5.74, 6) is 0.180. The Morgan fingerprint density at radius 3 is 2.59 bits per heavy atom. The summed E-state index contributed by atoms with van der Waals surface area (Å²) < 4.78 is 0. The lowest BCUT2D eigenvalue weighted by Gasteiger charge is -2.17. The van der Waals surface area contributed by atoms with Crippen molar-refractivity contribution in [2.75, 3.05) is 33.2 Å². The number of likely N-dealkylation sites (N-methyl/N-ethyl adjacent to an activating group) is 1. The first-order valence-electron chi connectivity index (χ1n) is 5.79. The van der Waals surface area contributed by atoms with Gasteiger partial charge in [-0.2, -0.15) is 0 Å². The van der Waals surface area contributed by atoms with E-state index >= 15 is 0 Å². The Labute approximate surface area is 103 Å². The van der Waals surface area contributed by atoms with E-state index in [1.165, 1.54) is 4.90 Å². The number of nitrogens with zero attached hydrogens (tertiary/aromatic N) is 1. The molecule has 2 N–H and O–H groups in total. The number of nitrogens with one attached hydrogen (secondary N) is 2. The van der Waals surface area contributed by atoms with Gasteiger partial charge in [-0.1, -0.05) is 19.9 Å². The largest absolute Gasteiger partial charge is 0.354 e. The Balaban J connectivity index is 3.82. The first-order chi connectivity index (χ1) is 7.97. The smallest absolute Gasteiger partial charge is 0.239 e. The maximum absolute atomic E-state index is 11.5. The summed E-state index contributed by atoms with van der Waals surface area (Å²) in [6, 6.07) is 0. The van der Waals surface area contributed by atoms with Gasteiger partial charge in [-0.25, -0.2) is 0 Å². The van der Waals surface area contributed by atoms with Crippen LogP contribution < -0.4 is 10.6 Å². The third-order valence-electron chi connectivity index (χ3n) is 2.08. The zero-order valence-corrected chi connectivity index (χ0v) is 11.0. The first-order valence-corrected chi connectivity index (χ1v) is 5.79. The molecule has 0 aromatic carbocycles. The van der Waals surface area contributed by atoms with Crippen molar-refractivity contribution in [3.63, 3.8) is 0 Å². The van der Waals surface area contributed by atoms with E-state index in [1.807, 2.05) is 13.8 Å². The minimum absolute atomic E-state index is 0.0985. The quantitative estimate of drug-likeness (QED) is 0.464. The highest BCUT2D eigenvalue weighted by Gasteiger charge is 2.11. The molecule has 0 radical (unpaired) electrons. The molecule has 0 atom stereocenters. The van der Waals surface area contributed by atoms with E-state index in [2.05, 4.69) is 17.2 Å². The second kappa shape index (κ2) is 8.75. The lowest BCUT2D eigenvalue weighted by molar-refractivity contribution is -0.134. The Kier molecular flexibility index (Phi) is 8.05. The molecule has 0 aliphatic heterocycles. The summed E-state index contributed by atoms with van der Waals surface area (Å²) >= 11 is 0. The molecule has 98 valence electrons. The molecule has 0 aromatic heterocycles. The van der Waals surface area contributed by atoms with Crippen molar-refractivity contribution in [2.45, 2.75) is 13.8 Å². The van der Waals surface area contributed by atoms with Crippen LogP contribution in [-0.2, 0) is 9.59 Å². The molecule has 0 aliphatic rings. The zero-order valence-electron chi connectivity index (χ0n) is 11.0. The van der Waals surface area contributed by atoms with Gasteiger partial charge in [0, 0.05) is 20.1 Å². The van der Waals surface area contributed by atoms with Gasteiger partial charge in [-0.05, 0) is 5.92 Å². The standard InChI is InChI=1S/C12H23N3O2/c1-5-6-13-8-12(17)15(4)9-11(16)14-7-10(2)3/h5,10,13H,1,6-9H2,2-4H3,(H,14,16). The molecule has 0 aliphatic carbocycles. The van der Waals surface area contributed by atoms with E-state index in [0.29, 0.717) is 19.0 Å². The van der Waals surface area contributed by atoms with Crippen LogP contribution in [-0.4, -0.2) is 49.9 Å². The number of amides is 2. The van der Waals surface area contributed by atoms with Crippen molar-refractivity contribution >= 4 is 11.8 Å². The number of hydrogen-bond acceptors (Lipinski definition) is 3. The van der Waals surface area contributed by atoms with E-state index < -0.39 is 0 Å². The molecule has 2 amide bonds. The Hall–Kier alpha value is -1.36. The number of carbonyl (C=O) groups is 2. The van der Waals surface area contributed by atoms with Crippen LogP contribution in [0.4, 0.5) is 0 Å². The Bertz CT molecular complexity index is 264. The van der Waals surface area contributed by atoms with Gasteiger partial charge in [0.1, 0.15) is 0 Å². The second-order valence-electron chi connectivity index (χ2n) is 4.37. The molecule has 0 spiro atoms. The SMILES string of the molecule is C=CCNCC(=O)N(C)CC(=O)NCC(C)C. The van der Waals surface area contributed by atoms with Crippen LogP contribution in [0.1, 0.15) is 13.8 Å². The summed E-state index contributed by atoms with van der Waals surface area (Å²) in [6.45, 7) is 9.12. The zero-order chi connectivity index (χ0) is 13.3. The second-order valence-corrected chi connectivity index (χ2v) is 4.37. The van der Waals surface area contributed by atoms with Gasteiger partial charge in [-0.3, -0.25) is 9.59 Å². The van der Waals surface area contributed by atoms with Crippen LogP contribution >= 0.6 is 0 Å². The van der Waals surface area contributed by atoms with E-state index in [4.69, 9.17) is 0 Å². The fourth-order valence-electron chi connectivity index (χ4n) is 1.09. The normalized spacial score (nSPS) is 10.1. The predicted octanol–water partition coefficient (Wildman–Crippen LogP) is -0.00740. The maximum Gasteiger partial charge on any atom is 0.239 e. The molecule has 17 heavy (non-hydrogen) atoms. The highest BCUT2D eigenvalue weighted by Crippen LogP contribution is 1.88. The van der Waals surface area contributed by atoms with Gasteiger partial charge in [0.2, 0.25) is 11.8 Å². The van der Waals surface area contributed by atoms with Crippen molar-refractivity contribution < 1.29 is 9.59 Å². The number of hydrogen-bond donors (Lipinski definition) is 2. The Morgan fingerprint density at radius 2 is 2.06 bits per heavy atom. The van der Waals surface area contributed by atoms with Crippen LogP contribution in [0.3, 0.4) is 0 Å². The predicted molar refractivity (Wildman–Crippen MR) is 68.6 cm³/mol. The summed E-state index contributed by atoms with van der Waals surface area (Å²) in [4.78, 5) is 24.4. The highest BCUT2D eigenvalue weighted by atomic mass is 16.2. The molecular formula is C12H23N3O2. The van der Waals surface area contributed by atoms with Crippen molar-refractivity contribution in [1.82, 2.24) is 15.5 Å². The minimum Gasteiger partial charge on any atom is -0.354 e. The first kappa shape index (κ1) is 15.6. The molecular weight excluding hydrogens is 218 g/mol. The molecule has 5 heteroatoms. The molecule has 0 unspecified atom stereocenters. The van der Waals surface area contributed by atoms with Crippen LogP contribution in [0.25, 0.3) is 0 Å². The molecule has 0 bridgehead atoms. The van der Waals surface area contributed by atoms with Gasteiger partial charge < -0.3 is 15.5 Å². The molecule has 5 nitrogen and oxygen atoms in total. The fourth-order valence-corrected chi connectivity index (χ4v) is 1.09. The monoisotopic (exact) mass is 241 g/mol. The van der Waals surface area contributed by atoms with Gasteiger partial charge in [0.15, 0.2) is 0 Å². The van der Waals surface area contributed by atoms with Gasteiger partial charge in [-0.15, -0.1) is 6.58 Å². The summed E-state index contributed by atoms with van der Waals surface area (Å²) in [7, 11) is 1.62. The maximum atomic E-state index is 11.5. The lowest BCUT2D eigenvalue weighted by atomic mass is 10.2. The molecule has 0 fully saturated rings. The van der Waals surface area contributed by atoms with E-state index in [9.17, 15) is 9.59 Å². The van der Waals surface area contributed by atoms with E-state index in [-0.39, 0.29) is 24.9 Å². The topological polar surface area (TPSA) is 61.4 Å². The van der Waals surface area contributed by atoms with Gasteiger partial charge >= 0.3 is 0 Å². The summed E-state index contributed by atoms with van der Waals surface area (Å²) in [5, 5.41) is 5.66. The molecule has 0 saturated carbocycles. The number of rotatable bonds is 8. The van der Waals surface area contributed by atoms with E-state index in [1.54, 1.807) is 13.1 Å². The summed E-state index contributed by atoms with van der Waals surface area (Å²) in [6.07, 6.45) is 1.68. The van der Waals surface area contributed by atoms with Crippen LogP contribution in [0, 0.1) is 5.92 Å². The number of carbonyl (C=O) groups excluding carboxylic acids is 2. The molecule has 0 rings (SSSR count). The van der Waals surface area contributed by atoms with Gasteiger partial charge in [0.05, 0.1) is 13.1 Å². The minimum atomic E-state index is -0.127. The average Bonchev–Trinajstić information content (AvgIpc) is 2.26. The van der Waals surface area contributed by atoms with Crippen molar-refractivity contribution in [2.24, 2.45) is 5.92 Å². The van der Waals surface area contributed by atoms with Crippen LogP contribution in [0.15, 0.2) is 12.7 Å². The third-order valence-corrected chi connectivity index (χ3v) is 2.08. The fraction of sp³-hybridized carbons (Fsp3) is 0.667. The molecule has 0 aromatic rings.